The van der Waals surface area contributed by atoms with Gasteiger partial charge in [0.05, 0.1) is 23.6 Å². The van der Waals surface area contributed by atoms with E-state index in [0.29, 0.717) is 0 Å². The summed E-state index contributed by atoms with van der Waals surface area (Å²) >= 11 is 0. The van der Waals surface area contributed by atoms with Crippen LogP contribution >= 0.6 is 0 Å². The van der Waals surface area contributed by atoms with Crippen molar-refractivity contribution in [2.45, 2.75) is 65.7 Å². The predicted molar refractivity (Wildman–Crippen MR) is 102 cm³/mol. The average Bonchev–Trinajstić information content (AvgIpc) is 2.82. The first-order valence-corrected chi connectivity index (χ1v) is 8.87. The molecule has 2 heterocycles. The lowest BCUT2D eigenvalue weighted by atomic mass is 10.1. The van der Waals surface area contributed by atoms with Crippen LogP contribution in [0.1, 0.15) is 63.2 Å². The highest BCUT2D eigenvalue weighted by Crippen LogP contribution is 2.44. The molecule has 10 heteroatoms. The van der Waals surface area contributed by atoms with Gasteiger partial charge in [0, 0.05) is 11.1 Å². The molecule has 0 aliphatic heterocycles. The van der Waals surface area contributed by atoms with E-state index in [1.54, 1.807) is 41.5 Å². The van der Waals surface area contributed by atoms with Gasteiger partial charge in [-0.15, -0.1) is 0 Å². The Labute approximate surface area is 166 Å². The van der Waals surface area contributed by atoms with Gasteiger partial charge in [0.15, 0.2) is 11.4 Å². The standard InChI is InChI=1S/C19H25F3N4O3/c1-10-14(16(27)28)25-26(18(5,6)7)15(10)29-12-9-23-8-11(24-17(2,3)4)13(12)19(20,21)22/h8-9,24H,1-7H3,(H,27,28). The molecule has 160 valence electrons. The third-order valence-electron chi connectivity index (χ3n) is 3.82. The van der Waals surface area contributed by atoms with Gasteiger partial charge in [-0.3, -0.25) is 4.98 Å². The fourth-order valence-corrected chi connectivity index (χ4v) is 2.67. The van der Waals surface area contributed by atoms with Crippen LogP contribution < -0.4 is 10.1 Å². The van der Waals surface area contributed by atoms with Crippen molar-refractivity contribution in [2.75, 3.05) is 5.32 Å². The third kappa shape index (κ3) is 4.99. The fourth-order valence-electron chi connectivity index (χ4n) is 2.67. The van der Waals surface area contributed by atoms with Crippen LogP contribution in [-0.2, 0) is 11.7 Å². The van der Waals surface area contributed by atoms with E-state index in [-0.39, 0.29) is 22.8 Å². The van der Waals surface area contributed by atoms with Gasteiger partial charge in [0.1, 0.15) is 5.56 Å². The molecule has 0 unspecified atom stereocenters. The van der Waals surface area contributed by atoms with E-state index in [1.165, 1.54) is 11.6 Å². The van der Waals surface area contributed by atoms with E-state index in [0.717, 1.165) is 12.4 Å². The molecule has 0 spiro atoms. The first kappa shape index (κ1) is 22.5. The molecule has 0 aliphatic rings. The molecule has 29 heavy (non-hydrogen) atoms. The zero-order chi connectivity index (χ0) is 22.4. The zero-order valence-electron chi connectivity index (χ0n) is 17.4. The van der Waals surface area contributed by atoms with Crippen molar-refractivity contribution in [2.24, 2.45) is 0 Å². The number of hydrogen-bond acceptors (Lipinski definition) is 5. The maximum absolute atomic E-state index is 13.9. The quantitative estimate of drug-likeness (QED) is 0.727. The van der Waals surface area contributed by atoms with Crippen molar-refractivity contribution in [1.29, 1.82) is 0 Å². The molecule has 2 aromatic rings. The number of aromatic nitrogens is 3. The molecule has 0 aliphatic carbocycles. The Kier molecular flexibility index (Phi) is 5.62. The first-order chi connectivity index (χ1) is 13.0. The summed E-state index contributed by atoms with van der Waals surface area (Å²) in [5.74, 6) is -1.93. The Balaban J connectivity index is 2.69. The minimum Gasteiger partial charge on any atom is -0.476 e. The molecule has 0 amide bonds. The first-order valence-electron chi connectivity index (χ1n) is 8.87. The number of nitrogens with zero attached hydrogens (tertiary/aromatic N) is 3. The summed E-state index contributed by atoms with van der Waals surface area (Å²) in [6.45, 7) is 11.8. The second-order valence-electron chi connectivity index (χ2n) is 8.70. The van der Waals surface area contributed by atoms with Gasteiger partial charge in [-0.05, 0) is 48.5 Å². The molecule has 0 radical (unpaired) electrons. The van der Waals surface area contributed by atoms with Crippen molar-refractivity contribution in [3.63, 3.8) is 0 Å². The largest absolute Gasteiger partial charge is 0.476 e. The summed E-state index contributed by atoms with van der Waals surface area (Å²) in [6, 6.07) is 0. The normalized spacial score (nSPS) is 12.8. The molecular formula is C19H25F3N4O3. The minimum absolute atomic E-state index is 0.0879. The molecule has 7 nitrogen and oxygen atoms in total. The fraction of sp³-hybridized carbons (Fsp3) is 0.526. The summed E-state index contributed by atoms with van der Waals surface area (Å²) in [7, 11) is 0. The monoisotopic (exact) mass is 414 g/mol. The average molecular weight is 414 g/mol. The molecule has 2 rings (SSSR count). The van der Waals surface area contributed by atoms with Crippen molar-refractivity contribution in [3.05, 3.63) is 29.2 Å². The summed E-state index contributed by atoms with van der Waals surface area (Å²) < 4.78 is 48.6. The van der Waals surface area contributed by atoms with E-state index in [2.05, 4.69) is 15.4 Å². The highest BCUT2D eigenvalue weighted by Gasteiger charge is 2.39. The Morgan fingerprint density at radius 1 is 1.14 bits per heavy atom. The molecule has 2 N–H and O–H groups in total. The second-order valence-corrected chi connectivity index (χ2v) is 8.70. The minimum atomic E-state index is -4.73. The summed E-state index contributed by atoms with van der Waals surface area (Å²) in [5, 5.41) is 16.2. The van der Waals surface area contributed by atoms with E-state index in [1.807, 2.05) is 0 Å². The zero-order valence-corrected chi connectivity index (χ0v) is 17.4. The summed E-state index contributed by atoms with van der Waals surface area (Å²) in [5.41, 5.74) is -2.82. The summed E-state index contributed by atoms with van der Waals surface area (Å²) in [6.07, 6.45) is -2.70. The number of alkyl halides is 3. The number of halogens is 3. The number of rotatable bonds is 4. The van der Waals surface area contributed by atoms with Gasteiger partial charge in [0.2, 0.25) is 5.88 Å². The van der Waals surface area contributed by atoms with Crippen LogP contribution in [0.5, 0.6) is 11.6 Å². The number of carbonyl (C=O) groups is 1. The van der Waals surface area contributed by atoms with Gasteiger partial charge < -0.3 is 15.2 Å². The number of nitrogens with one attached hydrogen (secondary N) is 1. The number of aromatic carboxylic acids is 1. The number of pyridine rings is 1. The molecule has 0 saturated carbocycles. The van der Waals surface area contributed by atoms with Gasteiger partial charge in [-0.25, -0.2) is 9.48 Å². The van der Waals surface area contributed by atoms with Crippen LogP contribution in [0.15, 0.2) is 12.4 Å². The van der Waals surface area contributed by atoms with Crippen molar-refractivity contribution in [1.82, 2.24) is 14.8 Å². The predicted octanol–water partition coefficient (Wildman–Crippen LogP) is 5.06. The molecule has 0 atom stereocenters. The maximum atomic E-state index is 13.9. The molecular weight excluding hydrogens is 389 g/mol. The van der Waals surface area contributed by atoms with Crippen molar-refractivity contribution in [3.8, 4) is 11.6 Å². The highest BCUT2D eigenvalue weighted by molar-refractivity contribution is 5.87. The SMILES string of the molecule is Cc1c(C(=O)O)nn(C(C)(C)C)c1Oc1cncc(NC(C)(C)C)c1C(F)(F)F. The van der Waals surface area contributed by atoms with E-state index in [9.17, 15) is 23.1 Å². The van der Waals surface area contributed by atoms with Gasteiger partial charge >= 0.3 is 12.1 Å². The number of anilines is 1. The van der Waals surface area contributed by atoms with E-state index in [4.69, 9.17) is 4.74 Å². The molecule has 2 aromatic heterocycles. The van der Waals surface area contributed by atoms with Crippen molar-refractivity contribution >= 4 is 11.7 Å². The lowest BCUT2D eigenvalue weighted by molar-refractivity contribution is -0.138. The second kappa shape index (κ2) is 7.23. The number of carboxylic acids is 1. The van der Waals surface area contributed by atoms with Crippen LogP contribution in [0.4, 0.5) is 18.9 Å². The smallest absolute Gasteiger partial charge is 0.422 e. The van der Waals surface area contributed by atoms with Crippen LogP contribution in [-0.4, -0.2) is 31.4 Å². The maximum Gasteiger partial charge on any atom is 0.422 e. The van der Waals surface area contributed by atoms with Crippen LogP contribution in [0.3, 0.4) is 0 Å². The number of carboxylic acid groups (broad SMARTS) is 1. The van der Waals surface area contributed by atoms with Gasteiger partial charge in [-0.2, -0.15) is 18.3 Å². The molecule has 0 aromatic carbocycles. The topological polar surface area (TPSA) is 89.3 Å². The van der Waals surface area contributed by atoms with Crippen LogP contribution in [0.25, 0.3) is 0 Å². The number of ether oxygens (including phenoxy) is 1. The Hall–Kier alpha value is -2.78. The van der Waals surface area contributed by atoms with Gasteiger partial charge in [0.25, 0.3) is 0 Å². The third-order valence-corrected chi connectivity index (χ3v) is 3.82. The Morgan fingerprint density at radius 3 is 2.17 bits per heavy atom. The summed E-state index contributed by atoms with van der Waals surface area (Å²) in [4.78, 5) is 15.3. The lowest BCUT2D eigenvalue weighted by Crippen LogP contribution is -2.28. The van der Waals surface area contributed by atoms with Crippen LogP contribution in [0, 0.1) is 6.92 Å². The molecule has 0 bridgehead atoms. The Morgan fingerprint density at radius 2 is 1.72 bits per heavy atom. The van der Waals surface area contributed by atoms with Gasteiger partial charge in [-0.1, -0.05) is 0 Å². The van der Waals surface area contributed by atoms with E-state index < -0.39 is 34.5 Å². The van der Waals surface area contributed by atoms with Crippen molar-refractivity contribution < 1.29 is 27.8 Å². The van der Waals surface area contributed by atoms with Crippen LogP contribution in [0.2, 0.25) is 0 Å². The lowest BCUT2D eigenvalue weighted by Gasteiger charge is -2.26. The molecule has 0 saturated heterocycles. The molecule has 0 fully saturated rings. The highest BCUT2D eigenvalue weighted by atomic mass is 19.4. The number of hydrogen-bond donors (Lipinski definition) is 2. The van der Waals surface area contributed by atoms with E-state index >= 15 is 0 Å². The Bertz CT molecular complexity index is 922.